The average Bonchev–Trinajstić information content (AvgIpc) is 3.37. The molecule has 0 aliphatic heterocycles. The van der Waals surface area contributed by atoms with Gasteiger partial charge in [-0.25, -0.2) is 4.98 Å². The molecule has 170 valence electrons. The molecule has 7 heteroatoms. The minimum absolute atomic E-state index is 0.175. The van der Waals surface area contributed by atoms with Crippen LogP contribution in [0.5, 0.6) is 0 Å². The molecule has 6 nitrogen and oxygen atoms in total. The normalized spacial score (nSPS) is 11.2. The Morgan fingerprint density at radius 3 is 2.53 bits per heavy atom. The van der Waals surface area contributed by atoms with Gasteiger partial charge in [-0.05, 0) is 80.9 Å². The number of fused-ring (bicyclic) bond motifs is 2. The molecule has 0 atom stereocenters. The van der Waals surface area contributed by atoms with Gasteiger partial charge in [-0.2, -0.15) is 0 Å². The minimum Gasteiger partial charge on any atom is -0.451 e. The largest absolute Gasteiger partial charge is 0.451 e. The summed E-state index contributed by atoms with van der Waals surface area (Å²) in [5.74, 6) is 0.373. The van der Waals surface area contributed by atoms with E-state index in [1.807, 2.05) is 76.2 Å². The van der Waals surface area contributed by atoms with Gasteiger partial charge >= 0.3 is 0 Å². The van der Waals surface area contributed by atoms with Gasteiger partial charge in [0.15, 0.2) is 16.5 Å². The summed E-state index contributed by atoms with van der Waals surface area (Å²) in [4.78, 5) is 17.5. The van der Waals surface area contributed by atoms with Gasteiger partial charge < -0.3 is 14.2 Å². The third-order valence-electron chi connectivity index (χ3n) is 5.83. The second-order valence-electron chi connectivity index (χ2n) is 8.44. The minimum atomic E-state index is -0.398. The van der Waals surface area contributed by atoms with Gasteiger partial charge in [0, 0.05) is 22.2 Å². The van der Waals surface area contributed by atoms with Crippen molar-refractivity contribution in [2.45, 2.75) is 27.7 Å². The van der Waals surface area contributed by atoms with Crippen LogP contribution in [0.3, 0.4) is 0 Å². The summed E-state index contributed by atoms with van der Waals surface area (Å²) < 4.78 is 11.8. The standard InChI is InChI=1S/C27H23N3O3S/c1-14-11-16(3)23-21(12-14)28-26(33-23)18-10-9-15(2)20(13-18)29-27(34)30-25(31)24-17(4)19-7-5-6-8-22(19)32-24/h5-13H,1-4H3,(H2,29,30,31,34). The van der Waals surface area contributed by atoms with Crippen LogP contribution >= 0.6 is 12.2 Å². The summed E-state index contributed by atoms with van der Waals surface area (Å²) in [5, 5.41) is 6.91. The smallest absolute Gasteiger partial charge is 0.293 e. The number of anilines is 1. The number of amides is 1. The molecule has 1 amide bonds. The van der Waals surface area contributed by atoms with Crippen molar-refractivity contribution < 1.29 is 13.6 Å². The molecule has 0 saturated carbocycles. The van der Waals surface area contributed by atoms with Gasteiger partial charge in [-0.1, -0.05) is 30.3 Å². The van der Waals surface area contributed by atoms with E-state index in [9.17, 15) is 4.79 Å². The van der Waals surface area contributed by atoms with E-state index < -0.39 is 5.91 Å². The number of nitrogens with zero attached hydrogens (tertiary/aromatic N) is 1. The number of carbonyl (C=O) groups excluding carboxylic acids is 1. The second-order valence-corrected chi connectivity index (χ2v) is 8.85. The Morgan fingerprint density at radius 2 is 1.74 bits per heavy atom. The number of para-hydroxylation sites is 1. The zero-order chi connectivity index (χ0) is 24.0. The molecule has 5 aromatic rings. The Morgan fingerprint density at radius 1 is 0.941 bits per heavy atom. The van der Waals surface area contributed by atoms with E-state index in [4.69, 9.17) is 21.1 Å². The molecule has 0 unspecified atom stereocenters. The number of hydrogen-bond donors (Lipinski definition) is 2. The summed E-state index contributed by atoms with van der Waals surface area (Å²) >= 11 is 5.42. The lowest BCUT2D eigenvalue weighted by Gasteiger charge is -2.12. The van der Waals surface area contributed by atoms with Crippen LogP contribution in [-0.2, 0) is 0 Å². The molecule has 3 aromatic carbocycles. The molecule has 0 radical (unpaired) electrons. The summed E-state index contributed by atoms with van der Waals surface area (Å²) in [7, 11) is 0. The first-order chi connectivity index (χ1) is 16.3. The van der Waals surface area contributed by atoms with Crippen molar-refractivity contribution in [3.63, 3.8) is 0 Å². The predicted molar refractivity (Wildman–Crippen MR) is 138 cm³/mol. The molecule has 2 heterocycles. The molecule has 0 saturated heterocycles. The molecule has 0 bridgehead atoms. The number of aromatic nitrogens is 1. The van der Waals surface area contributed by atoms with E-state index in [1.165, 1.54) is 0 Å². The van der Waals surface area contributed by atoms with Crippen molar-refractivity contribution in [3.05, 3.63) is 82.6 Å². The van der Waals surface area contributed by atoms with Crippen LogP contribution in [0, 0.1) is 27.7 Å². The zero-order valence-corrected chi connectivity index (χ0v) is 20.1. The quantitative estimate of drug-likeness (QED) is 0.290. The molecule has 0 fully saturated rings. The van der Waals surface area contributed by atoms with E-state index in [2.05, 4.69) is 21.7 Å². The van der Waals surface area contributed by atoms with Crippen molar-refractivity contribution >= 4 is 51.0 Å². The summed E-state index contributed by atoms with van der Waals surface area (Å²) in [5.41, 5.74) is 7.74. The number of thiocarbonyl (C=S) groups is 1. The Hall–Kier alpha value is -3.97. The Bertz CT molecular complexity index is 1600. The van der Waals surface area contributed by atoms with Gasteiger partial charge in [0.1, 0.15) is 11.1 Å². The fraction of sp³-hybridized carbons (Fsp3) is 0.148. The van der Waals surface area contributed by atoms with Crippen molar-refractivity contribution in [1.82, 2.24) is 10.3 Å². The highest BCUT2D eigenvalue weighted by molar-refractivity contribution is 7.80. The van der Waals surface area contributed by atoms with Gasteiger partial charge in [-0.15, -0.1) is 0 Å². The van der Waals surface area contributed by atoms with Crippen LogP contribution in [0.2, 0.25) is 0 Å². The van der Waals surface area contributed by atoms with Crippen molar-refractivity contribution in [2.24, 2.45) is 0 Å². The summed E-state index contributed by atoms with van der Waals surface area (Å²) in [6.45, 7) is 7.86. The van der Waals surface area contributed by atoms with Crippen LogP contribution in [0.15, 0.2) is 63.4 Å². The molecular formula is C27H23N3O3S. The highest BCUT2D eigenvalue weighted by atomic mass is 32.1. The average molecular weight is 470 g/mol. The van der Waals surface area contributed by atoms with Crippen LogP contribution in [0.25, 0.3) is 33.5 Å². The molecular weight excluding hydrogens is 446 g/mol. The number of hydrogen-bond acceptors (Lipinski definition) is 5. The Balaban J connectivity index is 1.38. The topological polar surface area (TPSA) is 80.3 Å². The molecule has 0 spiro atoms. The fourth-order valence-electron chi connectivity index (χ4n) is 4.09. The molecule has 5 rings (SSSR count). The highest BCUT2D eigenvalue weighted by Gasteiger charge is 2.19. The number of carbonyl (C=O) groups is 1. The van der Waals surface area contributed by atoms with E-state index in [1.54, 1.807) is 0 Å². The lowest BCUT2D eigenvalue weighted by atomic mass is 10.1. The van der Waals surface area contributed by atoms with E-state index in [0.29, 0.717) is 11.5 Å². The third kappa shape index (κ3) is 3.95. The lowest BCUT2D eigenvalue weighted by Crippen LogP contribution is -2.34. The van der Waals surface area contributed by atoms with Gasteiger partial charge in [-0.3, -0.25) is 10.1 Å². The first kappa shape index (κ1) is 21.9. The van der Waals surface area contributed by atoms with Crippen LogP contribution in [0.1, 0.15) is 32.8 Å². The Labute approximate surface area is 202 Å². The molecule has 0 aliphatic carbocycles. The molecule has 34 heavy (non-hydrogen) atoms. The second kappa shape index (κ2) is 8.43. The Kier molecular flexibility index (Phi) is 5.42. The number of furan rings is 1. The monoisotopic (exact) mass is 469 g/mol. The molecule has 0 aliphatic rings. The van der Waals surface area contributed by atoms with E-state index >= 15 is 0 Å². The fourth-order valence-corrected chi connectivity index (χ4v) is 4.30. The SMILES string of the molecule is Cc1cc(C)c2oc(-c3ccc(C)c(NC(=S)NC(=O)c4oc5ccccc5c4C)c3)nc2c1. The predicted octanol–water partition coefficient (Wildman–Crippen LogP) is 6.60. The van der Waals surface area contributed by atoms with Gasteiger partial charge in [0.2, 0.25) is 5.89 Å². The van der Waals surface area contributed by atoms with Crippen molar-refractivity contribution in [1.29, 1.82) is 0 Å². The van der Waals surface area contributed by atoms with Gasteiger partial charge in [0.25, 0.3) is 5.91 Å². The number of benzene rings is 3. The lowest BCUT2D eigenvalue weighted by molar-refractivity contribution is 0.0952. The number of oxazole rings is 1. The van der Waals surface area contributed by atoms with Gasteiger partial charge in [0.05, 0.1) is 0 Å². The van der Waals surface area contributed by atoms with Crippen LogP contribution in [0.4, 0.5) is 5.69 Å². The van der Waals surface area contributed by atoms with E-state index in [-0.39, 0.29) is 10.9 Å². The first-order valence-electron chi connectivity index (χ1n) is 10.9. The molecule has 2 N–H and O–H groups in total. The zero-order valence-electron chi connectivity index (χ0n) is 19.3. The third-order valence-corrected chi connectivity index (χ3v) is 6.03. The maximum atomic E-state index is 12.8. The maximum absolute atomic E-state index is 12.8. The molecule has 2 aromatic heterocycles. The van der Waals surface area contributed by atoms with Crippen molar-refractivity contribution in [3.8, 4) is 11.5 Å². The van der Waals surface area contributed by atoms with E-state index in [0.717, 1.165) is 50.0 Å². The maximum Gasteiger partial charge on any atom is 0.293 e. The highest BCUT2D eigenvalue weighted by Crippen LogP contribution is 2.30. The van der Waals surface area contributed by atoms with Crippen molar-refractivity contribution in [2.75, 3.05) is 5.32 Å². The number of aryl methyl sites for hydroxylation is 4. The number of rotatable bonds is 3. The first-order valence-corrected chi connectivity index (χ1v) is 11.3. The summed E-state index contributed by atoms with van der Waals surface area (Å²) in [6.07, 6.45) is 0. The number of nitrogens with one attached hydrogen (secondary N) is 2. The van der Waals surface area contributed by atoms with Crippen LogP contribution in [-0.4, -0.2) is 16.0 Å². The summed E-state index contributed by atoms with van der Waals surface area (Å²) in [6, 6.07) is 17.4. The van der Waals surface area contributed by atoms with Crippen LogP contribution < -0.4 is 10.6 Å².